The van der Waals surface area contributed by atoms with Crippen molar-refractivity contribution < 1.29 is 54.6 Å². The second-order valence-corrected chi connectivity index (χ2v) is 15.9. The van der Waals surface area contributed by atoms with Crippen molar-refractivity contribution in [2.45, 2.75) is 86.9 Å². The lowest BCUT2D eigenvalue weighted by atomic mass is 9.73. The molecule has 3 aromatic carbocycles. The van der Waals surface area contributed by atoms with Crippen molar-refractivity contribution in [3.8, 4) is 0 Å². The number of rotatable bonds is 7. The van der Waals surface area contributed by atoms with E-state index in [1.165, 1.54) is 12.1 Å². The van der Waals surface area contributed by atoms with Gasteiger partial charge in [0.05, 0.1) is 24.0 Å². The normalized spacial score (nSPS) is 22.7. The largest absolute Gasteiger partial charge is 0.490 e. The number of benzene rings is 3. The number of carbonyl (C=O) groups excluding carboxylic acids is 1. The van der Waals surface area contributed by atoms with E-state index < -0.39 is 29.7 Å². The number of carbonyl (C=O) groups is 2. The minimum absolute atomic E-state index is 0.0839. The molecule has 0 aromatic heterocycles. The van der Waals surface area contributed by atoms with Crippen LogP contribution in [0.2, 0.25) is 0 Å². The van der Waals surface area contributed by atoms with Gasteiger partial charge in [-0.1, -0.05) is 12.1 Å². The Balaban J connectivity index is 0.000000651. The van der Waals surface area contributed by atoms with E-state index in [1.54, 1.807) is 12.1 Å². The topological polar surface area (TPSA) is 94.1 Å². The SMILES string of the molecule is O=C(C[C@@H]1CC2(CCN(c3ccc4c(c3)N3CC(F)(F)C[C@H]3CN4)CC2)c2cc(F)ccc21)N[C@H](Cc1ccc(F)c(F)c1)C1CCOCC1.O=C(O)C(F)(F)F. The van der Waals surface area contributed by atoms with Crippen LogP contribution in [0.15, 0.2) is 54.6 Å². The van der Waals surface area contributed by atoms with Crippen LogP contribution in [0.25, 0.3) is 0 Å². The lowest BCUT2D eigenvalue weighted by Crippen LogP contribution is -2.44. The van der Waals surface area contributed by atoms with Crippen LogP contribution in [0.1, 0.15) is 67.6 Å². The Bertz CT molecular complexity index is 1970. The third-order valence-electron chi connectivity index (χ3n) is 12.2. The maximum Gasteiger partial charge on any atom is 0.490 e. The Labute approximate surface area is 324 Å². The summed E-state index contributed by atoms with van der Waals surface area (Å²) in [5.41, 5.74) is 5.03. The summed E-state index contributed by atoms with van der Waals surface area (Å²) in [5, 5.41) is 13.7. The van der Waals surface area contributed by atoms with Gasteiger partial charge in [0, 0.05) is 57.4 Å². The fraction of sp³-hybridized carbons (Fsp3) is 0.512. The molecule has 3 atom stereocenters. The van der Waals surface area contributed by atoms with E-state index >= 15 is 0 Å². The minimum Gasteiger partial charge on any atom is -0.475 e. The number of nitrogens with one attached hydrogen (secondary N) is 2. The second kappa shape index (κ2) is 16.0. The predicted octanol–water partition coefficient (Wildman–Crippen LogP) is 7.95. The smallest absolute Gasteiger partial charge is 0.475 e. The molecule has 0 radical (unpaired) electrons. The number of anilines is 3. The highest BCUT2D eigenvalue weighted by Gasteiger charge is 2.48. The first-order chi connectivity index (χ1) is 27.0. The zero-order valence-corrected chi connectivity index (χ0v) is 31.0. The first-order valence-electron chi connectivity index (χ1n) is 19.2. The summed E-state index contributed by atoms with van der Waals surface area (Å²) in [6.45, 7) is 2.87. The van der Waals surface area contributed by atoms with Gasteiger partial charge in [-0.15, -0.1) is 0 Å². The van der Waals surface area contributed by atoms with Crippen molar-refractivity contribution in [2.24, 2.45) is 5.92 Å². The van der Waals surface area contributed by atoms with Gasteiger partial charge in [-0.05, 0) is 115 Å². The number of halogens is 8. The van der Waals surface area contributed by atoms with E-state index in [0.29, 0.717) is 31.7 Å². The number of hydrogen-bond donors (Lipinski definition) is 3. The van der Waals surface area contributed by atoms with Gasteiger partial charge in [0.1, 0.15) is 5.82 Å². The third kappa shape index (κ3) is 8.95. The van der Waals surface area contributed by atoms with Crippen LogP contribution in [-0.2, 0) is 26.2 Å². The first kappa shape index (κ1) is 40.6. The molecule has 4 aliphatic heterocycles. The van der Waals surface area contributed by atoms with Gasteiger partial charge in [-0.2, -0.15) is 13.2 Å². The Morgan fingerprint density at radius 3 is 2.35 bits per heavy atom. The number of carboxylic acids is 1. The summed E-state index contributed by atoms with van der Waals surface area (Å²) >= 11 is 0. The van der Waals surface area contributed by atoms with Gasteiger partial charge in [0.25, 0.3) is 5.92 Å². The van der Waals surface area contributed by atoms with Crippen LogP contribution >= 0.6 is 0 Å². The van der Waals surface area contributed by atoms with Crippen LogP contribution in [0, 0.1) is 23.4 Å². The Morgan fingerprint density at radius 1 is 0.947 bits per heavy atom. The summed E-state index contributed by atoms with van der Waals surface area (Å²) in [7, 11) is 0. The zero-order valence-electron chi connectivity index (χ0n) is 31.0. The second-order valence-electron chi connectivity index (χ2n) is 15.9. The number of piperidine rings is 1. The molecule has 1 spiro atoms. The highest BCUT2D eigenvalue weighted by Crippen LogP contribution is 2.53. The number of hydrogen-bond acceptors (Lipinski definition) is 6. The summed E-state index contributed by atoms with van der Waals surface area (Å²) in [6, 6.07) is 14.4. The molecular weight excluding hydrogens is 764 g/mol. The number of alkyl halides is 5. The summed E-state index contributed by atoms with van der Waals surface area (Å²) < 4.78 is 108. The number of ether oxygens (including phenoxy) is 1. The van der Waals surface area contributed by atoms with Crippen LogP contribution < -0.4 is 20.4 Å². The average molecular weight is 809 g/mol. The fourth-order valence-corrected chi connectivity index (χ4v) is 9.44. The molecular formula is C41H44F8N4O4. The molecule has 8 nitrogen and oxygen atoms in total. The van der Waals surface area contributed by atoms with Crippen LogP contribution in [0.3, 0.4) is 0 Å². The number of nitrogens with zero attached hydrogens (tertiary/aromatic N) is 2. The highest BCUT2D eigenvalue weighted by atomic mass is 19.4. The molecule has 5 aliphatic rings. The van der Waals surface area contributed by atoms with Gasteiger partial charge in [0.15, 0.2) is 11.6 Å². The Morgan fingerprint density at radius 2 is 1.67 bits per heavy atom. The number of fused-ring (bicyclic) bond motifs is 5. The minimum atomic E-state index is -5.08. The number of carboxylic acid groups (broad SMARTS) is 1. The molecule has 0 unspecified atom stereocenters. The van der Waals surface area contributed by atoms with Crippen molar-refractivity contribution in [3.63, 3.8) is 0 Å². The van der Waals surface area contributed by atoms with E-state index in [0.717, 1.165) is 79.4 Å². The molecule has 57 heavy (non-hydrogen) atoms. The maximum absolute atomic E-state index is 14.8. The van der Waals surface area contributed by atoms with Crippen molar-refractivity contribution in [1.29, 1.82) is 0 Å². The van der Waals surface area contributed by atoms with E-state index in [2.05, 4.69) is 15.5 Å². The molecule has 1 aliphatic carbocycles. The van der Waals surface area contributed by atoms with Gasteiger partial charge in [-0.25, -0.2) is 26.7 Å². The molecule has 3 aromatic rings. The number of aliphatic carboxylic acids is 1. The molecule has 3 fully saturated rings. The zero-order chi connectivity index (χ0) is 40.7. The van der Waals surface area contributed by atoms with Gasteiger partial charge < -0.3 is 30.3 Å². The summed E-state index contributed by atoms with van der Waals surface area (Å²) in [5.74, 6) is -7.59. The lowest BCUT2D eigenvalue weighted by Gasteiger charge is -2.42. The molecule has 3 saturated heterocycles. The van der Waals surface area contributed by atoms with E-state index in [-0.39, 0.29) is 60.4 Å². The van der Waals surface area contributed by atoms with Crippen LogP contribution in [0.4, 0.5) is 52.2 Å². The Kier molecular flexibility index (Phi) is 11.4. The standard InChI is InChI=1S/C39H43F5N4O2.C2HF3O2/c40-27-2-4-30-26(17-37(49)46-35(25-7-13-50-14-8-25)16-24-1-5-32(41)33(42)15-24)20-38(31(30)18-27)9-11-47(12-10-38)28-3-6-34-36(19-28)48-23-39(43,44)21-29(48)22-45-34;3-2(4,5)1(6)7/h1-6,15,18-19,25-26,29,35,45H,7-14,16-17,20-23H2,(H,46,49);(H,6,7)/t26-,29+,35-;/m1./s1. The van der Waals surface area contributed by atoms with Crippen molar-refractivity contribution >= 4 is 28.9 Å². The lowest BCUT2D eigenvalue weighted by molar-refractivity contribution is -0.192. The molecule has 308 valence electrons. The first-order valence-corrected chi connectivity index (χ1v) is 19.2. The van der Waals surface area contributed by atoms with Crippen LogP contribution in [0.5, 0.6) is 0 Å². The third-order valence-corrected chi connectivity index (χ3v) is 12.2. The molecule has 16 heteroatoms. The van der Waals surface area contributed by atoms with E-state index in [9.17, 15) is 39.9 Å². The summed E-state index contributed by atoms with van der Waals surface area (Å²) in [6.07, 6.45) is -0.756. The van der Waals surface area contributed by atoms with Crippen molar-refractivity contribution in [2.75, 3.05) is 54.5 Å². The van der Waals surface area contributed by atoms with E-state index in [1.807, 2.05) is 29.2 Å². The molecule has 3 N–H and O–H groups in total. The molecule has 1 amide bonds. The predicted molar refractivity (Wildman–Crippen MR) is 196 cm³/mol. The van der Waals surface area contributed by atoms with Crippen molar-refractivity contribution in [1.82, 2.24) is 5.32 Å². The molecule has 0 bridgehead atoms. The molecule has 8 rings (SSSR count). The highest BCUT2D eigenvalue weighted by molar-refractivity contribution is 5.79. The van der Waals surface area contributed by atoms with E-state index in [4.69, 9.17) is 14.6 Å². The summed E-state index contributed by atoms with van der Waals surface area (Å²) in [4.78, 5) is 26.8. The van der Waals surface area contributed by atoms with Gasteiger partial charge in [0.2, 0.25) is 5.91 Å². The monoisotopic (exact) mass is 808 g/mol. The fourth-order valence-electron chi connectivity index (χ4n) is 9.44. The van der Waals surface area contributed by atoms with Gasteiger partial charge >= 0.3 is 12.1 Å². The quantitative estimate of drug-likeness (QED) is 0.209. The van der Waals surface area contributed by atoms with Crippen molar-refractivity contribution in [3.05, 3.63) is 88.7 Å². The number of amides is 1. The average Bonchev–Trinajstić information content (AvgIpc) is 3.64. The van der Waals surface area contributed by atoms with Crippen LogP contribution in [-0.4, -0.2) is 80.6 Å². The Hall–Kier alpha value is -4.60. The van der Waals surface area contributed by atoms with Gasteiger partial charge in [-0.3, -0.25) is 4.79 Å². The molecule has 0 saturated carbocycles. The molecule has 4 heterocycles. The maximum atomic E-state index is 14.8.